The van der Waals surface area contributed by atoms with Crippen molar-refractivity contribution in [2.24, 2.45) is 5.92 Å². The molecule has 164 valence electrons. The lowest BCUT2D eigenvalue weighted by atomic mass is 9.69. The number of rotatable bonds is 7. The van der Waals surface area contributed by atoms with Crippen LogP contribution in [-0.4, -0.2) is 39.2 Å². The van der Waals surface area contributed by atoms with E-state index in [9.17, 15) is 9.90 Å². The predicted octanol–water partition coefficient (Wildman–Crippen LogP) is 5.23. The number of thioether (sulfide) groups is 1. The van der Waals surface area contributed by atoms with E-state index in [2.05, 4.69) is 18.8 Å². The quantitative estimate of drug-likeness (QED) is 0.511. The number of hydrogen-bond donors (Lipinski definition) is 1. The minimum absolute atomic E-state index is 0.00985. The van der Waals surface area contributed by atoms with Gasteiger partial charge < -0.3 is 14.4 Å². The fourth-order valence-corrected chi connectivity index (χ4v) is 5.66. The lowest BCUT2D eigenvalue weighted by Gasteiger charge is -2.50. The molecule has 1 saturated heterocycles. The van der Waals surface area contributed by atoms with Crippen LogP contribution in [0, 0.1) is 5.92 Å². The Hall–Kier alpha value is -2.31. The lowest BCUT2D eigenvalue weighted by Crippen LogP contribution is -2.58. The molecule has 3 aromatic rings. The first-order valence-corrected chi connectivity index (χ1v) is 12.1. The molecule has 0 radical (unpaired) electrons. The first-order chi connectivity index (χ1) is 15.1. The molecule has 1 aliphatic rings. The molecule has 4 rings (SSSR count). The molecule has 0 spiro atoms. The Morgan fingerprint density at radius 3 is 2.65 bits per heavy atom. The van der Waals surface area contributed by atoms with Crippen molar-refractivity contribution >= 4 is 28.8 Å². The second kappa shape index (κ2) is 9.45. The summed E-state index contributed by atoms with van der Waals surface area (Å²) in [6, 6.07) is 17.6. The predicted molar refractivity (Wildman–Crippen MR) is 124 cm³/mol. The van der Waals surface area contributed by atoms with Gasteiger partial charge in [0.2, 0.25) is 5.91 Å². The molecule has 0 saturated carbocycles. The molecule has 1 aromatic heterocycles. The molecule has 2 heterocycles. The maximum atomic E-state index is 13.2. The number of aromatic nitrogens is 1. The van der Waals surface area contributed by atoms with Gasteiger partial charge in [-0.05, 0) is 37.0 Å². The van der Waals surface area contributed by atoms with Crippen molar-refractivity contribution in [1.29, 1.82) is 0 Å². The number of fused-ring (bicyclic) bond motifs is 1. The molecule has 0 aliphatic carbocycles. The van der Waals surface area contributed by atoms with Crippen molar-refractivity contribution in [3.63, 3.8) is 0 Å². The number of oxazole rings is 1. The van der Waals surface area contributed by atoms with Gasteiger partial charge in [0.05, 0.1) is 11.4 Å². The summed E-state index contributed by atoms with van der Waals surface area (Å²) in [5.74, 6) is 0.374. The van der Waals surface area contributed by atoms with Gasteiger partial charge in [-0.3, -0.25) is 4.79 Å². The third kappa shape index (κ3) is 4.37. The standard InChI is InChI=1S/C25H30N2O3S/c1-3-10-19-21(4-2)27(16-15-25(19,29)18-11-6-5-7-12-18)23(28)17-31-24-26-20-13-8-9-14-22(20)30-24/h5-9,11-14,19,21,29H,3-4,10,15-17H2,1-2H3/t19-,21+,25-/m1/s1. The SMILES string of the molecule is CCC[C@@H]1[C@H](CC)N(C(=O)CSc2nc3ccccc3o2)CC[C@@]1(O)c1ccccc1. The monoisotopic (exact) mass is 438 g/mol. The molecule has 0 unspecified atom stereocenters. The summed E-state index contributed by atoms with van der Waals surface area (Å²) in [5.41, 5.74) is 1.60. The molecule has 6 heteroatoms. The summed E-state index contributed by atoms with van der Waals surface area (Å²) in [4.78, 5) is 19.6. The molecule has 3 atom stereocenters. The smallest absolute Gasteiger partial charge is 0.257 e. The van der Waals surface area contributed by atoms with Crippen LogP contribution in [0.15, 0.2) is 64.2 Å². The van der Waals surface area contributed by atoms with Gasteiger partial charge in [-0.15, -0.1) is 0 Å². The topological polar surface area (TPSA) is 66.6 Å². The van der Waals surface area contributed by atoms with Gasteiger partial charge in [0.1, 0.15) is 5.52 Å². The summed E-state index contributed by atoms with van der Waals surface area (Å²) in [5, 5.41) is 12.3. The average molecular weight is 439 g/mol. The highest BCUT2D eigenvalue weighted by Gasteiger charge is 2.48. The molecule has 1 amide bonds. The molecule has 1 N–H and O–H groups in total. The van der Waals surface area contributed by atoms with E-state index < -0.39 is 5.60 Å². The molecular weight excluding hydrogens is 408 g/mol. The highest BCUT2D eigenvalue weighted by molar-refractivity contribution is 7.99. The van der Waals surface area contributed by atoms with E-state index in [0.29, 0.717) is 18.2 Å². The zero-order valence-corrected chi connectivity index (χ0v) is 19.0. The van der Waals surface area contributed by atoms with Crippen LogP contribution in [0.2, 0.25) is 0 Å². The van der Waals surface area contributed by atoms with Gasteiger partial charge in [-0.2, -0.15) is 0 Å². The van der Waals surface area contributed by atoms with Crippen molar-refractivity contribution < 1.29 is 14.3 Å². The van der Waals surface area contributed by atoms with Crippen LogP contribution >= 0.6 is 11.8 Å². The first kappa shape index (κ1) is 21.9. The summed E-state index contributed by atoms with van der Waals surface area (Å²) in [6.45, 7) is 4.80. The van der Waals surface area contributed by atoms with Crippen molar-refractivity contribution in [1.82, 2.24) is 9.88 Å². The lowest BCUT2D eigenvalue weighted by molar-refractivity contribution is -0.149. The maximum Gasteiger partial charge on any atom is 0.257 e. The molecule has 1 fully saturated rings. The number of carbonyl (C=O) groups is 1. The number of para-hydroxylation sites is 2. The van der Waals surface area contributed by atoms with Gasteiger partial charge in [0.15, 0.2) is 5.58 Å². The second-order valence-electron chi connectivity index (χ2n) is 8.23. The first-order valence-electron chi connectivity index (χ1n) is 11.1. The van der Waals surface area contributed by atoms with Crippen LogP contribution in [0.25, 0.3) is 11.1 Å². The molecule has 0 bridgehead atoms. The van der Waals surface area contributed by atoms with E-state index in [-0.39, 0.29) is 23.6 Å². The molecule has 5 nitrogen and oxygen atoms in total. The average Bonchev–Trinajstić information content (AvgIpc) is 3.22. The van der Waals surface area contributed by atoms with E-state index in [0.717, 1.165) is 35.9 Å². The summed E-state index contributed by atoms with van der Waals surface area (Å²) >= 11 is 1.34. The zero-order valence-electron chi connectivity index (χ0n) is 18.2. The van der Waals surface area contributed by atoms with E-state index in [1.165, 1.54) is 11.8 Å². The molecule has 2 aromatic carbocycles. The highest BCUT2D eigenvalue weighted by Crippen LogP contribution is 2.44. The number of benzene rings is 2. The van der Waals surface area contributed by atoms with E-state index in [4.69, 9.17) is 4.42 Å². The number of nitrogens with zero attached hydrogens (tertiary/aromatic N) is 2. The maximum absolute atomic E-state index is 13.2. The van der Waals surface area contributed by atoms with Crippen molar-refractivity contribution in [3.8, 4) is 0 Å². The number of amides is 1. The van der Waals surface area contributed by atoms with Crippen LogP contribution in [0.5, 0.6) is 0 Å². The minimum atomic E-state index is -0.901. The third-order valence-electron chi connectivity index (χ3n) is 6.42. The van der Waals surface area contributed by atoms with Gasteiger partial charge in [-0.25, -0.2) is 4.98 Å². The van der Waals surface area contributed by atoms with Gasteiger partial charge in [0, 0.05) is 18.5 Å². The van der Waals surface area contributed by atoms with E-state index in [1.54, 1.807) is 0 Å². The Morgan fingerprint density at radius 1 is 1.19 bits per heavy atom. The van der Waals surface area contributed by atoms with Crippen molar-refractivity contribution in [2.75, 3.05) is 12.3 Å². The van der Waals surface area contributed by atoms with Crippen molar-refractivity contribution in [3.05, 3.63) is 60.2 Å². The van der Waals surface area contributed by atoms with Crippen LogP contribution in [0.3, 0.4) is 0 Å². The molecular formula is C25H30N2O3S. The minimum Gasteiger partial charge on any atom is -0.431 e. The third-order valence-corrected chi connectivity index (χ3v) is 7.23. The van der Waals surface area contributed by atoms with Crippen molar-refractivity contribution in [2.45, 2.75) is 56.4 Å². The fourth-order valence-electron chi connectivity index (χ4n) is 4.94. The molecule has 1 aliphatic heterocycles. The zero-order chi connectivity index (χ0) is 21.8. The van der Waals surface area contributed by atoms with Crippen LogP contribution in [-0.2, 0) is 10.4 Å². The number of likely N-dealkylation sites (tertiary alicyclic amines) is 1. The van der Waals surface area contributed by atoms with E-state index in [1.807, 2.05) is 59.5 Å². The Kier molecular flexibility index (Phi) is 6.68. The summed E-state index contributed by atoms with van der Waals surface area (Å²) < 4.78 is 5.75. The number of hydrogen-bond acceptors (Lipinski definition) is 5. The highest BCUT2D eigenvalue weighted by atomic mass is 32.2. The fraction of sp³-hybridized carbons (Fsp3) is 0.440. The second-order valence-corrected chi connectivity index (χ2v) is 9.16. The Balaban J connectivity index is 1.50. The number of carbonyl (C=O) groups excluding carboxylic acids is 1. The molecule has 31 heavy (non-hydrogen) atoms. The number of aliphatic hydroxyl groups is 1. The Morgan fingerprint density at radius 2 is 1.94 bits per heavy atom. The Labute approximate surface area is 187 Å². The van der Waals surface area contributed by atoms with Crippen LogP contribution in [0.4, 0.5) is 0 Å². The van der Waals surface area contributed by atoms with E-state index >= 15 is 0 Å². The van der Waals surface area contributed by atoms with Gasteiger partial charge >= 0.3 is 0 Å². The van der Waals surface area contributed by atoms with Gasteiger partial charge in [0.25, 0.3) is 5.22 Å². The summed E-state index contributed by atoms with van der Waals surface area (Å²) in [7, 11) is 0. The number of piperidine rings is 1. The van der Waals surface area contributed by atoms with Crippen LogP contribution < -0.4 is 0 Å². The van der Waals surface area contributed by atoms with Crippen LogP contribution in [0.1, 0.15) is 45.1 Å². The largest absolute Gasteiger partial charge is 0.431 e. The summed E-state index contributed by atoms with van der Waals surface area (Å²) in [6.07, 6.45) is 3.22. The Bertz CT molecular complexity index is 989. The normalized spacial score (nSPS) is 23.9. The van der Waals surface area contributed by atoms with Gasteiger partial charge in [-0.1, -0.05) is 74.5 Å².